The Morgan fingerprint density at radius 1 is 1.16 bits per heavy atom. The lowest BCUT2D eigenvalue weighted by atomic mass is 10.1. The second-order valence-corrected chi connectivity index (χ2v) is 4.72. The standard InChI is InChI=1S/C15H19N3O/c1-11(13-6-4-5-7-14(13)19)17-12-8-9-15(16-10-12)18(2)3/h4-11,17,19H,1-3H3. The summed E-state index contributed by atoms with van der Waals surface area (Å²) in [6, 6.07) is 11.3. The zero-order chi connectivity index (χ0) is 13.8. The van der Waals surface area contributed by atoms with Crippen LogP contribution in [0.2, 0.25) is 0 Å². The van der Waals surface area contributed by atoms with Crippen LogP contribution in [-0.2, 0) is 0 Å². The number of hydrogen-bond donors (Lipinski definition) is 2. The maximum atomic E-state index is 9.81. The van der Waals surface area contributed by atoms with Gasteiger partial charge in [-0.25, -0.2) is 4.98 Å². The minimum atomic E-state index is 0.0215. The first-order valence-corrected chi connectivity index (χ1v) is 6.25. The molecule has 2 rings (SSSR count). The summed E-state index contributed by atoms with van der Waals surface area (Å²) in [7, 11) is 3.92. The normalized spacial score (nSPS) is 11.9. The van der Waals surface area contributed by atoms with Gasteiger partial charge in [0.25, 0.3) is 0 Å². The van der Waals surface area contributed by atoms with E-state index in [1.54, 1.807) is 12.3 Å². The van der Waals surface area contributed by atoms with Crippen LogP contribution in [0.15, 0.2) is 42.6 Å². The fourth-order valence-electron chi connectivity index (χ4n) is 1.92. The lowest BCUT2D eigenvalue weighted by Crippen LogP contribution is -2.11. The Morgan fingerprint density at radius 3 is 2.47 bits per heavy atom. The first kappa shape index (κ1) is 13.2. The molecule has 0 saturated heterocycles. The van der Waals surface area contributed by atoms with Crippen molar-refractivity contribution in [2.24, 2.45) is 0 Å². The molecule has 0 aliphatic carbocycles. The molecule has 0 aliphatic rings. The molecule has 100 valence electrons. The number of anilines is 2. The number of nitrogens with one attached hydrogen (secondary N) is 1. The van der Waals surface area contributed by atoms with Gasteiger partial charge in [0.15, 0.2) is 0 Å². The number of para-hydroxylation sites is 1. The number of nitrogens with zero attached hydrogens (tertiary/aromatic N) is 2. The van der Waals surface area contributed by atoms with Crippen molar-refractivity contribution >= 4 is 11.5 Å². The lowest BCUT2D eigenvalue weighted by molar-refractivity contribution is 0.465. The highest BCUT2D eigenvalue weighted by molar-refractivity contribution is 5.50. The summed E-state index contributed by atoms with van der Waals surface area (Å²) in [5, 5.41) is 13.1. The average molecular weight is 257 g/mol. The molecule has 1 unspecified atom stereocenters. The smallest absolute Gasteiger partial charge is 0.128 e. The van der Waals surface area contributed by atoms with Crippen molar-refractivity contribution in [1.82, 2.24) is 4.98 Å². The van der Waals surface area contributed by atoms with E-state index in [0.717, 1.165) is 17.1 Å². The van der Waals surface area contributed by atoms with Gasteiger partial charge in [0, 0.05) is 19.7 Å². The summed E-state index contributed by atoms with van der Waals surface area (Å²) in [5.74, 6) is 1.22. The second kappa shape index (κ2) is 5.61. The molecular formula is C15H19N3O. The van der Waals surface area contributed by atoms with Crippen molar-refractivity contribution in [3.63, 3.8) is 0 Å². The van der Waals surface area contributed by atoms with E-state index in [2.05, 4.69) is 10.3 Å². The molecule has 0 fully saturated rings. The quantitative estimate of drug-likeness (QED) is 0.884. The maximum Gasteiger partial charge on any atom is 0.128 e. The van der Waals surface area contributed by atoms with Crippen LogP contribution in [0.5, 0.6) is 5.75 Å². The van der Waals surface area contributed by atoms with E-state index in [1.165, 1.54) is 0 Å². The number of benzene rings is 1. The van der Waals surface area contributed by atoms with E-state index in [4.69, 9.17) is 0 Å². The molecule has 1 aromatic heterocycles. The highest BCUT2D eigenvalue weighted by Gasteiger charge is 2.09. The molecule has 0 saturated carbocycles. The second-order valence-electron chi connectivity index (χ2n) is 4.72. The zero-order valence-corrected chi connectivity index (χ0v) is 11.5. The van der Waals surface area contributed by atoms with Gasteiger partial charge in [-0.1, -0.05) is 18.2 Å². The summed E-state index contributed by atoms with van der Waals surface area (Å²) in [4.78, 5) is 6.30. The number of hydrogen-bond acceptors (Lipinski definition) is 4. The third-order valence-electron chi connectivity index (χ3n) is 2.99. The van der Waals surface area contributed by atoms with Gasteiger partial charge in [0.1, 0.15) is 11.6 Å². The Labute approximate surface area is 113 Å². The van der Waals surface area contributed by atoms with Crippen molar-refractivity contribution in [3.8, 4) is 5.75 Å². The molecule has 2 aromatic rings. The topological polar surface area (TPSA) is 48.4 Å². The van der Waals surface area contributed by atoms with Crippen LogP contribution < -0.4 is 10.2 Å². The van der Waals surface area contributed by atoms with Crippen molar-refractivity contribution < 1.29 is 5.11 Å². The predicted molar refractivity (Wildman–Crippen MR) is 78.7 cm³/mol. The van der Waals surface area contributed by atoms with E-state index in [-0.39, 0.29) is 6.04 Å². The van der Waals surface area contributed by atoms with E-state index in [1.807, 2.05) is 56.3 Å². The SMILES string of the molecule is CC(Nc1ccc(N(C)C)nc1)c1ccccc1O. The summed E-state index contributed by atoms with van der Waals surface area (Å²) >= 11 is 0. The Kier molecular flexibility index (Phi) is 3.90. The Hall–Kier alpha value is -2.23. The summed E-state index contributed by atoms with van der Waals surface area (Å²) < 4.78 is 0. The summed E-state index contributed by atoms with van der Waals surface area (Å²) in [5.41, 5.74) is 1.81. The van der Waals surface area contributed by atoms with Crippen LogP contribution in [0.3, 0.4) is 0 Å². The van der Waals surface area contributed by atoms with Crippen LogP contribution in [0.4, 0.5) is 11.5 Å². The van der Waals surface area contributed by atoms with Gasteiger partial charge in [-0.3, -0.25) is 0 Å². The van der Waals surface area contributed by atoms with Crippen LogP contribution in [0, 0.1) is 0 Å². The van der Waals surface area contributed by atoms with Gasteiger partial charge < -0.3 is 15.3 Å². The Bertz CT molecular complexity index is 537. The average Bonchev–Trinajstić information content (AvgIpc) is 2.39. The molecule has 0 bridgehead atoms. The summed E-state index contributed by atoms with van der Waals surface area (Å²) in [6.07, 6.45) is 1.80. The first-order valence-electron chi connectivity index (χ1n) is 6.25. The first-order chi connectivity index (χ1) is 9.08. The molecule has 4 nitrogen and oxygen atoms in total. The number of rotatable bonds is 4. The highest BCUT2D eigenvalue weighted by atomic mass is 16.3. The fourth-order valence-corrected chi connectivity index (χ4v) is 1.92. The van der Waals surface area contributed by atoms with E-state index in [0.29, 0.717) is 5.75 Å². The molecule has 4 heteroatoms. The largest absolute Gasteiger partial charge is 0.508 e. The summed E-state index contributed by atoms with van der Waals surface area (Å²) in [6.45, 7) is 2.01. The van der Waals surface area contributed by atoms with E-state index >= 15 is 0 Å². The zero-order valence-electron chi connectivity index (χ0n) is 11.5. The third kappa shape index (κ3) is 3.16. The number of phenolic OH excluding ortho intramolecular Hbond substituents is 1. The molecule has 1 aromatic carbocycles. The minimum absolute atomic E-state index is 0.0215. The van der Waals surface area contributed by atoms with Crippen LogP contribution in [0.25, 0.3) is 0 Å². The molecule has 1 atom stereocenters. The molecule has 1 heterocycles. The highest BCUT2D eigenvalue weighted by Crippen LogP contribution is 2.26. The number of pyridine rings is 1. The molecule has 0 aliphatic heterocycles. The van der Waals surface area contributed by atoms with Crippen LogP contribution in [0.1, 0.15) is 18.5 Å². The minimum Gasteiger partial charge on any atom is -0.508 e. The third-order valence-corrected chi connectivity index (χ3v) is 2.99. The van der Waals surface area contributed by atoms with Crippen molar-refractivity contribution in [2.75, 3.05) is 24.3 Å². The van der Waals surface area contributed by atoms with Gasteiger partial charge >= 0.3 is 0 Å². The number of aromatic hydroxyl groups is 1. The number of phenols is 1. The van der Waals surface area contributed by atoms with Crippen molar-refractivity contribution in [2.45, 2.75) is 13.0 Å². The molecule has 0 spiro atoms. The van der Waals surface area contributed by atoms with Crippen molar-refractivity contribution in [3.05, 3.63) is 48.2 Å². The van der Waals surface area contributed by atoms with Gasteiger partial charge in [0.2, 0.25) is 0 Å². The molecule has 19 heavy (non-hydrogen) atoms. The molecule has 0 radical (unpaired) electrons. The Morgan fingerprint density at radius 2 is 1.89 bits per heavy atom. The van der Waals surface area contributed by atoms with Crippen LogP contribution in [-0.4, -0.2) is 24.2 Å². The molecular weight excluding hydrogens is 238 g/mol. The number of aromatic nitrogens is 1. The molecule has 0 amide bonds. The lowest BCUT2D eigenvalue weighted by Gasteiger charge is -2.17. The van der Waals surface area contributed by atoms with Crippen LogP contribution >= 0.6 is 0 Å². The van der Waals surface area contributed by atoms with E-state index in [9.17, 15) is 5.11 Å². The van der Waals surface area contributed by atoms with Gasteiger partial charge in [0.05, 0.1) is 17.9 Å². The van der Waals surface area contributed by atoms with Gasteiger partial charge in [-0.05, 0) is 25.1 Å². The predicted octanol–water partition coefficient (Wildman–Crippen LogP) is 3.03. The van der Waals surface area contributed by atoms with Gasteiger partial charge in [-0.2, -0.15) is 0 Å². The fraction of sp³-hybridized carbons (Fsp3) is 0.267. The monoisotopic (exact) mass is 257 g/mol. The van der Waals surface area contributed by atoms with E-state index < -0.39 is 0 Å². The maximum absolute atomic E-state index is 9.81. The van der Waals surface area contributed by atoms with Crippen molar-refractivity contribution in [1.29, 1.82) is 0 Å². The Balaban J connectivity index is 2.11. The molecule has 2 N–H and O–H groups in total. The van der Waals surface area contributed by atoms with Gasteiger partial charge in [-0.15, -0.1) is 0 Å².